The number of thiophene rings is 1. The molecule has 110 valence electrons. The summed E-state index contributed by atoms with van der Waals surface area (Å²) in [5, 5.41) is 5.11. The molecule has 0 spiro atoms. The molecule has 0 aliphatic heterocycles. The van der Waals surface area contributed by atoms with E-state index in [2.05, 4.69) is 22.8 Å². The molecule has 5 heteroatoms. The number of carbonyl (C=O) groups is 1. The zero-order valence-electron chi connectivity index (χ0n) is 11.5. The van der Waals surface area contributed by atoms with E-state index in [-0.39, 0.29) is 17.1 Å². The van der Waals surface area contributed by atoms with Crippen LogP contribution in [0.2, 0.25) is 0 Å². The Morgan fingerprint density at radius 2 is 2.05 bits per heavy atom. The van der Waals surface area contributed by atoms with Crippen LogP contribution in [0.4, 0.5) is 4.39 Å². The summed E-state index contributed by atoms with van der Waals surface area (Å²) >= 11 is 3.19. The highest BCUT2D eigenvalue weighted by molar-refractivity contribution is 8.00. The molecule has 1 fully saturated rings. The molecular formula is C16H16FNOS2. The summed E-state index contributed by atoms with van der Waals surface area (Å²) in [6, 6.07) is 10.4. The predicted molar refractivity (Wildman–Crippen MR) is 85.4 cm³/mol. The minimum atomic E-state index is -0.254. The van der Waals surface area contributed by atoms with Gasteiger partial charge in [0.2, 0.25) is 5.91 Å². The van der Waals surface area contributed by atoms with Gasteiger partial charge in [0.25, 0.3) is 0 Å². The van der Waals surface area contributed by atoms with E-state index in [9.17, 15) is 9.18 Å². The Morgan fingerprint density at radius 3 is 2.67 bits per heavy atom. The summed E-state index contributed by atoms with van der Waals surface area (Å²) in [5.74, 6) is 0.147. The Labute approximate surface area is 131 Å². The number of thioether (sulfide) groups is 1. The van der Waals surface area contributed by atoms with Gasteiger partial charge in [0.15, 0.2) is 0 Å². The average Bonchev–Trinajstić information content (AvgIpc) is 3.08. The highest BCUT2D eigenvalue weighted by Gasteiger charge is 2.45. The van der Waals surface area contributed by atoms with Crippen LogP contribution in [-0.2, 0) is 10.2 Å². The van der Waals surface area contributed by atoms with Gasteiger partial charge in [0.1, 0.15) is 5.82 Å². The molecule has 1 saturated carbocycles. The fourth-order valence-corrected chi connectivity index (χ4v) is 3.96. The lowest BCUT2D eigenvalue weighted by Crippen LogP contribution is -2.32. The molecular weight excluding hydrogens is 305 g/mol. The molecule has 21 heavy (non-hydrogen) atoms. The second-order valence-corrected chi connectivity index (χ2v) is 7.27. The minimum absolute atomic E-state index is 0.0344. The fraction of sp³-hybridized carbons (Fsp3) is 0.312. The van der Waals surface area contributed by atoms with Crippen molar-refractivity contribution < 1.29 is 9.18 Å². The molecule has 0 saturated heterocycles. The maximum Gasteiger partial charge on any atom is 0.230 e. The third kappa shape index (κ3) is 3.66. The van der Waals surface area contributed by atoms with Crippen LogP contribution >= 0.6 is 23.1 Å². The number of hydrogen-bond acceptors (Lipinski definition) is 3. The summed E-state index contributed by atoms with van der Waals surface area (Å²) in [4.78, 5) is 14.2. The molecule has 1 aromatic heterocycles. The Morgan fingerprint density at radius 1 is 1.29 bits per heavy atom. The van der Waals surface area contributed by atoms with E-state index in [1.807, 2.05) is 0 Å². The first-order valence-electron chi connectivity index (χ1n) is 6.87. The van der Waals surface area contributed by atoms with E-state index in [0.717, 1.165) is 24.3 Å². The highest BCUT2D eigenvalue weighted by atomic mass is 32.2. The lowest BCUT2D eigenvalue weighted by Gasteiger charge is -2.14. The maximum absolute atomic E-state index is 12.8. The van der Waals surface area contributed by atoms with E-state index >= 15 is 0 Å². The largest absolute Gasteiger partial charge is 0.354 e. The van der Waals surface area contributed by atoms with Gasteiger partial charge < -0.3 is 5.32 Å². The van der Waals surface area contributed by atoms with Gasteiger partial charge in [-0.3, -0.25) is 4.79 Å². The fourth-order valence-electron chi connectivity index (χ4n) is 2.24. The SMILES string of the molecule is O=C(CSc1ccc(F)cc1)NCC1(c2cccs2)CC1. The zero-order valence-corrected chi connectivity index (χ0v) is 13.1. The Hall–Kier alpha value is -1.33. The van der Waals surface area contributed by atoms with Gasteiger partial charge in [-0.25, -0.2) is 4.39 Å². The lowest BCUT2D eigenvalue weighted by molar-refractivity contribution is -0.118. The van der Waals surface area contributed by atoms with Gasteiger partial charge in [-0.15, -0.1) is 23.1 Å². The first-order chi connectivity index (χ1) is 10.2. The summed E-state index contributed by atoms with van der Waals surface area (Å²) in [7, 11) is 0. The predicted octanol–water partition coefficient (Wildman–Crippen LogP) is 3.83. The normalized spacial score (nSPS) is 15.7. The molecule has 1 N–H and O–H groups in total. The monoisotopic (exact) mass is 321 g/mol. The first kappa shape index (κ1) is 14.6. The van der Waals surface area contributed by atoms with Crippen molar-refractivity contribution in [2.45, 2.75) is 23.2 Å². The van der Waals surface area contributed by atoms with E-state index in [4.69, 9.17) is 0 Å². The Balaban J connectivity index is 1.46. The highest BCUT2D eigenvalue weighted by Crippen LogP contribution is 2.49. The molecule has 0 unspecified atom stereocenters. The van der Waals surface area contributed by atoms with Crippen molar-refractivity contribution in [1.29, 1.82) is 0 Å². The zero-order chi connectivity index (χ0) is 14.7. The second-order valence-electron chi connectivity index (χ2n) is 5.28. The van der Waals surface area contributed by atoms with Crippen molar-refractivity contribution in [3.05, 3.63) is 52.5 Å². The van der Waals surface area contributed by atoms with E-state index < -0.39 is 0 Å². The van der Waals surface area contributed by atoms with Crippen molar-refractivity contribution in [3.63, 3.8) is 0 Å². The molecule has 0 radical (unpaired) electrons. The number of carbonyl (C=O) groups excluding carboxylic acids is 1. The number of rotatable bonds is 6. The molecule has 1 aromatic carbocycles. The second kappa shape index (κ2) is 6.20. The third-order valence-corrected chi connectivity index (χ3v) is 5.83. The standard InChI is InChI=1S/C16H16FNOS2/c17-12-3-5-13(6-4-12)21-10-15(19)18-11-16(7-8-16)14-2-1-9-20-14/h1-6,9H,7-8,10-11H2,(H,18,19). The first-order valence-corrected chi connectivity index (χ1v) is 8.74. The van der Waals surface area contributed by atoms with Crippen LogP contribution in [0.25, 0.3) is 0 Å². The van der Waals surface area contributed by atoms with E-state index in [1.54, 1.807) is 23.5 Å². The number of amides is 1. The van der Waals surface area contributed by atoms with Crippen molar-refractivity contribution in [2.75, 3.05) is 12.3 Å². The van der Waals surface area contributed by atoms with Crippen molar-refractivity contribution in [2.24, 2.45) is 0 Å². The van der Waals surface area contributed by atoms with Crippen molar-refractivity contribution in [3.8, 4) is 0 Å². The number of hydrogen-bond donors (Lipinski definition) is 1. The molecule has 1 aliphatic carbocycles. The van der Waals surface area contributed by atoms with Crippen LogP contribution in [0, 0.1) is 5.82 Å². The summed E-state index contributed by atoms with van der Waals surface area (Å²) in [5.41, 5.74) is 0.185. The molecule has 2 aromatic rings. The maximum atomic E-state index is 12.8. The molecule has 0 atom stereocenters. The number of halogens is 1. The smallest absolute Gasteiger partial charge is 0.230 e. The van der Waals surface area contributed by atoms with Crippen LogP contribution in [0.3, 0.4) is 0 Å². The average molecular weight is 321 g/mol. The van der Waals surface area contributed by atoms with Crippen LogP contribution in [-0.4, -0.2) is 18.2 Å². The van der Waals surface area contributed by atoms with Crippen LogP contribution in [0.15, 0.2) is 46.7 Å². The van der Waals surface area contributed by atoms with Crippen LogP contribution < -0.4 is 5.32 Å². The van der Waals surface area contributed by atoms with E-state index in [0.29, 0.717) is 5.75 Å². The lowest BCUT2D eigenvalue weighted by atomic mass is 10.1. The third-order valence-electron chi connectivity index (χ3n) is 3.70. The molecule has 1 amide bonds. The summed E-state index contributed by atoms with van der Waals surface area (Å²) < 4.78 is 12.8. The minimum Gasteiger partial charge on any atom is -0.354 e. The summed E-state index contributed by atoms with van der Waals surface area (Å²) in [6.07, 6.45) is 2.30. The Kier molecular flexibility index (Phi) is 4.31. The molecule has 3 rings (SSSR count). The molecule has 1 heterocycles. The van der Waals surface area contributed by atoms with Crippen molar-refractivity contribution in [1.82, 2.24) is 5.32 Å². The van der Waals surface area contributed by atoms with Crippen LogP contribution in [0.1, 0.15) is 17.7 Å². The molecule has 1 aliphatic rings. The van der Waals surface area contributed by atoms with Crippen molar-refractivity contribution >= 4 is 29.0 Å². The van der Waals surface area contributed by atoms with Gasteiger partial charge in [-0.1, -0.05) is 6.07 Å². The van der Waals surface area contributed by atoms with Gasteiger partial charge in [-0.2, -0.15) is 0 Å². The number of benzene rings is 1. The molecule has 2 nitrogen and oxygen atoms in total. The molecule has 0 bridgehead atoms. The topological polar surface area (TPSA) is 29.1 Å². The van der Waals surface area contributed by atoms with Gasteiger partial charge in [0.05, 0.1) is 5.75 Å². The van der Waals surface area contributed by atoms with Gasteiger partial charge in [-0.05, 0) is 48.6 Å². The van der Waals surface area contributed by atoms with Crippen LogP contribution in [0.5, 0.6) is 0 Å². The quantitative estimate of drug-likeness (QED) is 0.819. The van der Waals surface area contributed by atoms with Gasteiger partial charge in [0, 0.05) is 21.7 Å². The van der Waals surface area contributed by atoms with E-state index in [1.165, 1.54) is 28.8 Å². The van der Waals surface area contributed by atoms with Gasteiger partial charge >= 0.3 is 0 Å². The Bertz CT molecular complexity index is 606. The number of nitrogens with one attached hydrogen (secondary N) is 1. The summed E-state index contributed by atoms with van der Waals surface area (Å²) in [6.45, 7) is 0.719.